The molecule has 5 atom stereocenters. The molecule has 9 heteroatoms. The molecule has 1 aliphatic heterocycles. The number of hydrogen-bond donors (Lipinski definition) is 3. The molecule has 2 amide bonds. The Morgan fingerprint density at radius 2 is 2.00 bits per heavy atom. The van der Waals surface area contributed by atoms with Crippen LogP contribution in [-0.4, -0.2) is 65.8 Å². The van der Waals surface area contributed by atoms with Crippen LogP contribution in [0.1, 0.15) is 61.0 Å². The van der Waals surface area contributed by atoms with Crippen molar-refractivity contribution in [2.45, 2.75) is 63.1 Å². The molecule has 41 heavy (non-hydrogen) atoms. The Hall–Kier alpha value is -4.16. The number of nitrogens with one attached hydrogen (secondary N) is 3. The Morgan fingerprint density at radius 1 is 1.20 bits per heavy atom. The summed E-state index contributed by atoms with van der Waals surface area (Å²) in [6, 6.07) is 17.6. The Labute approximate surface area is 240 Å². The fraction of sp³-hybridized carbons (Fsp3) is 0.438. The molecule has 0 bridgehead atoms. The number of benzene rings is 2. The van der Waals surface area contributed by atoms with Crippen molar-refractivity contribution in [1.29, 1.82) is 5.26 Å². The Kier molecular flexibility index (Phi) is 8.70. The van der Waals surface area contributed by atoms with Crippen LogP contribution in [-0.2, 0) is 9.59 Å². The van der Waals surface area contributed by atoms with Crippen molar-refractivity contribution in [3.05, 3.63) is 65.9 Å². The van der Waals surface area contributed by atoms with Crippen LogP contribution in [0, 0.1) is 17.2 Å². The van der Waals surface area contributed by atoms with Gasteiger partial charge in [0.2, 0.25) is 5.91 Å². The third-order valence-corrected chi connectivity index (χ3v) is 8.47. The van der Waals surface area contributed by atoms with Crippen molar-refractivity contribution < 1.29 is 19.1 Å². The standard InChI is InChI=1S/C32H37N5O4/c1-3-34-27(18-33)25(15-21-11-7-13-29(21)38)36-31(39)28-16-22(20-9-5-4-6-10-20)19-37(28)32(40)26-17-23-24(35-26)12-8-14-30(23)41-2/h4-6,8-10,12,14,17,21-22,25,27-28,34-35H,3,7,11,13,15-16,19H2,1-2H3,(H,36,39). The van der Waals surface area contributed by atoms with Gasteiger partial charge >= 0.3 is 0 Å². The summed E-state index contributed by atoms with van der Waals surface area (Å²) < 4.78 is 5.47. The van der Waals surface area contributed by atoms with Crippen LogP contribution in [0.2, 0.25) is 0 Å². The molecule has 2 fully saturated rings. The van der Waals surface area contributed by atoms with Gasteiger partial charge in [-0.2, -0.15) is 5.26 Å². The highest BCUT2D eigenvalue weighted by atomic mass is 16.5. The van der Waals surface area contributed by atoms with E-state index in [0.29, 0.717) is 43.8 Å². The molecule has 5 unspecified atom stereocenters. The number of H-pyrrole nitrogens is 1. The molecule has 5 rings (SSSR count). The number of carbonyl (C=O) groups is 3. The Morgan fingerprint density at radius 3 is 2.68 bits per heavy atom. The van der Waals surface area contributed by atoms with Crippen molar-refractivity contribution in [2.24, 2.45) is 5.92 Å². The second-order valence-electron chi connectivity index (χ2n) is 11.0. The molecule has 0 spiro atoms. The average molecular weight is 556 g/mol. The van der Waals surface area contributed by atoms with Gasteiger partial charge < -0.3 is 25.3 Å². The molecule has 1 aromatic heterocycles. The minimum Gasteiger partial charge on any atom is -0.496 e. The summed E-state index contributed by atoms with van der Waals surface area (Å²) in [5.41, 5.74) is 2.22. The lowest BCUT2D eigenvalue weighted by molar-refractivity contribution is -0.126. The number of likely N-dealkylation sites (tertiary alicyclic amines) is 1. The van der Waals surface area contributed by atoms with Gasteiger partial charge in [0.15, 0.2) is 0 Å². The lowest BCUT2D eigenvalue weighted by Gasteiger charge is -2.29. The Bertz CT molecular complexity index is 1450. The van der Waals surface area contributed by atoms with Gasteiger partial charge in [-0.1, -0.05) is 43.3 Å². The van der Waals surface area contributed by atoms with E-state index in [9.17, 15) is 19.6 Å². The number of rotatable bonds is 10. The highest BCUT2D eigenvalue weighted by Gasteiger charge is 2.42. The van der Waals surface area contributed by atoms with Crippen LogP contribution in [0.5, 0.6) is 5.75 Å². The quantitative estimate of drug-likeness (QED) is 0.348. The maximum Gasteiger partial charge on any atom is 0.271 e. The van der Waals surface area contributed by atoms with Crippen LogP contribution in [0.3, 0.4) is 0 Å². The van der Waals surface area contributed by atoms with Crippen LogP contribution in [0.25, 0.3) is 10.9 Å². The van der Waals surface area contributed by atoms with E-state index in [-0.39, 0.29) is 29.4 Å². The van der Waals surface area contributed by atoms with Crippen LogP contribution in [0.15, 0.2) is 54.6 Å². The van der Waals surface area contributed by atoms with Gasteiger partial charge in [-0.3, -0.25) is 14.4 Å². The van der Waals surface area contributed by atoms with Crippen molar-refractivity contribution in [3.8, 4) is 11.8 Å². The van der Waals surface area contributed by atoms with E-state index in [2.05, 4.69) is 21.7 Å². The van der Waals surface area contributed by atoms with Gasteiger partial charge in [0, 0.05) is 35.7 Å². The van der Waals surface area contributed by atoms with Crippen LogP contribution < -0.4 is 15.4 Å². The first-order chi connectivity index (χ1) is 19.9. The van der Waals surface area contributed by atoms with E-state index in [4.69, 9.17) is 4.74 Å². The Balaban J connectivity index is 1.43. The molecule has 1 saturated heterocycles. The van der Waals surface area contributed by atoms with Crippen molar-refractivity contribution in [2.75, 3.05) is 20.2 Å². The minimum atomic E-state index is -0.733. The van der Waals surface area contributed by atoms with Gasteiger partial charge in [0.05, 0.1) is 19.2 Å². The molecule has 3 N–H and O–H groups in total. The fourth-order valence-electron chi connectivity index (χ4n) is 6.35. The molecule has 214 valence electrons. The lowest BCUT2D eigenvalue weighted by atomic mass is 9.92. The van der Waals surface area contributed by atoms with Gasteiger partial charge in [-0.05, 0) is 56.0 Å². The molecule has 2 aromatic carbocycles. The van der Waals surface area contributed by atoms with E-state index >= 15 is 0 Å². The second kappa shape index (κ2) is 12.6. The fourth-order valence-corrected chi connectivity index (χ4v) is 6.35. The number of nitriles is 1. The second-order valence-corrected chi connectivity index (χ2v) is 11.0. The minimum absolute atomic E-state index is 0.0230. The van der Waals surface area contributed by atoms with Crippen molar-refractivity contribution in [1.82, 2.24) is 20.5 Å². The maximum atomic E-state index is 14.0. The molecule has 1 aliphatic carbocycles. The van der Waals surface area contributed by atoms with Gasteiger partial charge in [0.1, 0.15) is 29.3 Å². The van der Waals surface area contributed by atoms with Crippen LogP contribution >= 0.6 is 0 Å². The maximum absolute atomic E-state index is 14.0. The van der Waals surface area contributed by atoms with E-state index < -0.39 is 18.1 Å². The van der Waals surface area contributed by atoms with Crippen molar-refractivity contribution >= 4 is 28.5 Å². The van der Waals surface area contributed by atoms with Gasteiger partial charge in [-0.25, -0.2) is 0 Å². The molecule has 2 heterocycles. The first-order valence-corrected chi connectivity index (χ1v) is 14.4. The number of ketones is 1. The summed E-state index contributed by atoms with van der Waals surface area (Å²) in [7, 11) is 1.59. The number of fused-ring (bicyclic) bond motifs is 1. The first kappa shape index (κ1) is 28.4. The summed E-state index contributed by atoms with van der Waals surface area (Å²) in [6.07, 6.45) is 3.01. The number of Topliss-reactive ketones (excluding diaryl/α,β-unsaturated/α-hetero) is 1. The summed E-state index contributed by atoms with van der Waals surface area (Å²) >= 11 is 0. The smallest absolute Gasteiger partial charge is 0.271 e. The monoisotopic (exact) mass is 555 g/mol. The van der Waals surface area contributed by atoms with E-state index in [1.165, 1.54) is 0 Å². The predicted octanol–water partition coefficient (Wildman–Crippen LogP) is 3.92. The number of nitrogens with zero attached hydrogens (tertiary/aromatic N) is 2. The molecular formula is C32H37N5O4. The number of amides is 2. The molecule has 9 nitrogen and oxygen atoms in total. The molecular weight excluding hydrogens is 518 g/mol. The number of ether oxygens (including phenoxy) is 1. The first-order valence-electron chi connectivity index (χ1n) is 14.4. The number of aromatic amines is 1. The molecule has 1 saturated carbocycles. The zero-order valence-electron chi connectivity index (χ0n) is 23.6. The molecule has 3 aromatic rings. The average Bonchev–Trinajstić information content (AvgIpc) is 3.74. The highest BCUT2D eigenvalue weighted by Crippen LogP contribution is 2.35. The third kappa shape index (κ3) is 5.98. The third-order valence-electron chi connectivity index (χ3n) is 8.47. The van der Waals surface area contributed by atoms with E-state index in [1.807, 2.05) is 55.5 Å². The van der Waals surface area contributed by atoms with Gasteiger partial charge in [-0.15, -0.1) is 0 Å². The predicted molar refractivity (Wildman–Crippen MR) is 155 cm³/mol. The van der Waals surface area contributed by atoms with Crippen LogP contribution in [0.4, 0.5) is 0 Å². The van der Waals surface area contributed by atoms with E-state index in [0.717, 1.165) is 29.3 Å². The number of likely N-dealkylation sites (N-methyl/N-ethyl adjacent to an activating group) is 1. The highest BCUT2D eigenvalue weighted by molar-refractivity contribution is 6.02. The summed E-state index contributed by atoms with van der Waals surface area (Å²) in [5.74, 6) is 0.0751. The van der Waals surface area contributed by atoms with E-state index in [1.54, 1.807) is 18.1 Å². The summed E-state index contributed by atoms with van der Waals surface area (Å²) in [6.45, 7) is 2.84. The molecule has 0 radical (unpaired) electrons. The summed E-state index contributed by atoms with van der Waals surface area (Å²) in [5, 5.41) is 17.0. The number of hydrogen-bond acceptors (Lipinski definition) is 6. The zero-order chi connectivity index (χ0) is 28.9. The lowest BCUT2D eigenvalue weighted by Crippen LogP contribution is -2.55. The SMILES string of the molecule is CCNC(C#N)C(CC1CCCC1=O)NC(=O)C1CC(c2ccccc2)CN1C(=O)c1cc2c(OC)cccc2[nH]1. The largest absolute Gasteiger partial charge is 0.496 e. The number of aromatic nitrogens is 1. The normalized spacial score (nSPS) is 21.9. The van der Waals surface area contributed by atoms with Gasteiger partial charge in [0.25, 0.3) is 5.91 Å². The number of methoxy groups -OCH3 is 1. The molecule has 2 aliphatic rings. The topological polar surface area (TPSA) is 127 Å². The number of carbonyl (C=O) groups excluding carboxylic acids is 3. The summed E-state index contributed by atoms with van der Waals surface area (Å²) in [4.78, 5) is 45.2. The van der Waals surface area contributed by atoms with Crippen molar-refractivity contribution in [3.63, 3.8) is 0 Å². The zero-order valence-corrected chi connectivity index (χ0v) is 23.6.